The van der Waals surface area contributed by atoms with Crippen molar-refractivity contribution in [2.75, 3.05) is 51.2 Å². The summed E-state index contributed by atoms with van der Waals surface area (Å²) in [5.74, 6) is 1.03. The average Bonchev–Trinajstić information content (AvgIpc) is 3.25. The summed E-state index contributed by atoms with van der Waals surface area (Å²) in [5.41, 5.74) is 0.841. The predicted molar refractivity (Wildman–Crippen MR) is 128 cm³/mol. The number of benzene rings is 1. The minimum absolute atomic E-state index is 0. The van der Waals surface area contributed by atoms with E-state index in [-0.39, 0.29) is 36.3 Å². The molecule has 0 radical (unpaired) electrons. The van der Waals surface area contributed by atoms with E-state index in [1.165, 1.54) is 11.3 Å². The van der Waals surface area contributed by atoms with Crippen LogP contribution in [0.5, 0.6) is 5.75 Å². The van der Waals surface area contributed by atoms with Gasteiger partial charge in [-0.15, -0.1) is 35.3 Å². The zero-order chi connectivity index (χ0) is 20.0. The highest BCUT2D eigenvalue weighted by atomic mass is 127. The zero-order valence-electron chi connectivity index (χ0n) is 16.1. The zero-order valence-corrected chi connectivity index (χ0v) is 20.1. The molecule has 29 heavy (non-hydrogen) atoms. The Balaban J connectivity index is 0.00000300. The van der Waals surface area contributed by atoms with Crippen LogP contribution in [0.3, 0.4) is 0 Å². The summed E-state index contributed by atoms with van der Waals surface area (Å²) in [5, 5.41) is 15.0. The van der Waals surface area contributed by atoms with Gasteiger partial charge < -0.3 is 20.2 Å². The average molecular weight is 551 g/mol. The number of nitrogens with zero attached hydrogens (tertiary/aromatic N) is 3. The number of para-hydroxylation sites is 2. The Morgan fingerprint density at radius 1 is 1.14 bits per heavy atom. The Bertz CT molecular complexity index is 898. The lowest BCUT2D eigenvalue weighted by atomic mass is 10.2. The van der Waals surface area contributed by atoms with Crippen LogP contribution < -0.4 is 14.9 Å². The Labute approximate surface area is 192 Å². The summed E-state index contributed by atoms with van der Waals surface area (Å²) in [6.45, 7) is 3.77. The predicted octanol–water partition coefficient (Wildman–Crippen LogP) is 1.75. The van der Waals surface area contributed by atoms with Crippen molar-refractivity contribution in [2.24, 2.45) is 4.99 Å². The first-order valence-electron chi connectivity index (χ1n) is 9.03. The SMILES string of the molecule is CN=C(NCCNS(=O)(=O)c1cccs1)N1CCN(c2ccccc2O)CC1.I. The van der Waals surface area contributed by atoms with Gasteiger partial charge in [0.2, 0.25) is 10.0 Å². The minimum atomic E-state index is -3.44. The smallest absolute Gasteiger partial charge is 0.250 e. The Hall–Kier alpha value is -1.57. The molecule has 11 heteroatoms. The van der Waals surface area contributed by atoms with Gasteiger partial charge in [0.25, 0.3) is 0 Å². The van der Waals surface area contributed by atoms with Crippen LogP contribution in [0.25, 0.3) is 0 Å². The fraction of sp³-hybridized carbons (Fsp3) is 0.389. The van der Waals surface area contributed by atoms with Crippen molar-refractivity contribution in [3.63, 3.8) is 0 Å². The van der Waals surface area contributed by atoms with E-state index in [0.717, 1.165) is 37.8 Å². The van der Waals surface area contributed by atoms with Crippen molar-refractivity contribution < 1.29 is 13.5 Å². The Morgan fingerprint density at radius 2 is 1.86 bits per heavy atom. The van der Waals surface area contributed by atoms with Crippen LogP contribution in [0.1, 0.15) is 0 Å². The summed E-state index contributed by atoms with van der Waals surface area (Å²) in [4.78, 5) is 8.58. The summed E-state index contributed by atoms with van der Waals surface area (Å²) in [7, 11) is -1.73. The molecule has 0 amide bonds. The maximum Gasteiger partial charge on any atom is 0.250 e. The Kier molecular flexibility index (Phi) is 8.99. The highest BCUT2D eigenvalue weighted by Gasteiger charge is 2.21. The molecule has 1 aromatic carbocycles. The first-order chi connectivity index (χ1) is 13.5. The summed E-state index contributed by atoms with van der Waals surface area (Å²) in [6, 6.07) is 10.6. The summed E-state index contributed by atoms with van der Waals surface area (Å²) >= 11 is 1.20. The molecular weight excluding hydrogens is 525 g/mol. The number of nitrogens with one attached hydrogen (secondary N) is 2. The van der Waals surface area contributed by atoms with Gasteiger partial charge in [-0.2, -0.15) is 0 Å². The van der Waals surface area contributed by atoms with Gasteiger partial charge in [-0.3, -0.25) is 4.99 Å². The number of rotatable bonds is 6. The highest BCUT2D eigenvalue weighted by molar-refractivity contribution is 14.0. The molecule has 1 fully saturated rings. The largest absolute Gasteiger partial charge is 0.506 e. The number of hydrogen-bond acceptors (Lipinski definition) is 6. The number of halogens is 1. The lowest BCUT2D eigenvalue weighted by Gasteiger charge is -2.37. The summed E-state index contributed by atoms with van der Waals surface area (Å²) < 4.78 is 27.1. The van der Waals surface area contributed by atoms with Crippen molar-refractivity contribution in [1.29, 1.82) is 0 Å². The molecule has 0 spiro atoms. The first kappa shape index (κ1) is 23.7. The monoisotopic (exact) mass is 551 g/mol. The quantitative estimate of drug-likeness (QED) is 0.219. The lowest BCUT2D eigenvalue weighted by molar-refractivity contribution is 0.370. The van der Waals surface area contributed by atoms with Crippen LogP contribution >= 0.6 is 35.3 Å². The Morgan fingerprint density at radius 3 is 2.48 bits per heavy atom. The molecule has 0 aliphatic carbocycles. The van der Waals surface area contributed by atoms with Crippen LogP contribution in [0.4, 0.5) is 5.69 Å². The number of thiophene rings is 1. The van der Waals surface area contributed by atoms with Gasteiger partial charge in [-0.1, -0.05) is 18.2 Å². The molecule has 0 unspecified atom stereocenters. The van der Waals surface area contributed by atoms with E-state index in [4.69, 9.17) is 0 Å². The number of hydrogen-bond donors (Lipinski definition) is 3. The standard InChI is InChI=1S/C18H25N5O3S2.HI/c1-19-18(20-8-9-21-28(25,26)17-7-4-14-27-17)23-12-10-22(11-13-23)15-5-2-3-6-16(15)24;/h2-7,14,21,24H,8-13H2,1H3,(H,19,20);1H. The van der Waals surface area contributed by atoms with Gasteiger partial charge in [0.05, 0.1) is 5.69 Å². The van der Waals surface area contributed by atoms with E-state index in [2.05, 4.69) is 24.8 Å². The molecule has 1 aliphatic heterocycles. The number of sulfonamides is 1. The second-order valence-corrected chi connectivity index (χ2v) is 9.21. The van der Waals surface area contributed by atoms with Crippen molar-refractivity contribution in [3.05, 3.63) is 41.8 Å². The third-order valence-corrected chi connectivity index (χ3v) is 7.33. The van der Waals surface area contributed by atoms with E-state index in [9.17, 15) is 13.5 Å². The van der Waals surface area contributed by atoms with E-state index >= 15 is 0 Å². The third-order valence-electron chi connectivity index (χ3n) is 4.47. The molecule has 1 aliphatic rings. The molecule has 1 aromatic heterocycles. The van der Waals surface area contributed by atoms with E-state index < -0.39 is 10.0 Å². The molecular formula is C18H26IN5O3S2. The van der Waals surface area contributed by atoms with Gasteiger partial charge in [0.15, 0.2) is 5.96 Å². The number of guanidine groups is 1. The third kappa shape index (κ3) is 6.20. The van der Waals surface area contributed by atoms with Crippen LogP contribution in [-0.2, 0) is 10.0 Å². The molecule has 1 saturated heterocycles. The first-order valence-corrected chi connectivity index (χ1v) is 11.4. The van der Waals surface area contributed by atoms with E-state index in [1.54, 1.807) is 30.6 Å². The topological polar surface area (TPSA) is 97.3 Å². The van der Waals surface area contributed by atoms with Crippen LogP contribution in [-0.4, -0.2) is 70.7 Å². The molecule has 2 heterocycles. The van der Waals surface area contributed by atoms with Gasteiger partial charge >= 0.3 is 0 Å². The van der Waals surface area contributed by atoms with Gasteiger partial charge in [-0.25, -0.2) is 13.1 Å². The van der Waals surface area contributed by atoms with Crippen LogP contribution in [0.15, 0.2) is 51.0 Å². The number of anilines is 1. The number of piperazine rings is 1. The van der Waals surface area contributed by atoms with Crippen LogP contribution in [0, 0.1) is 0 Å². The molecule has 0 atom stereocenters. The number of aromatic hydroxyl groups is 1. The maximum absolute atomic E-state index is 12.1. The van der Waals surface area contributed by atoms with Crippen molar-refractivity contribution >= 4 is 57.0 Å². The minimum Gasteiger partial charge on any atom is -0.506 e. The molecule has 0 bridgehead atoms. The van der Waals surface area contributed by atoms with Crippen molar-refractivity contribution in [3.8, 4) is 5.75 Å². The highest BCUT2D eigenvalue weighted by Crippen LogP contribution is 2.27. The molecule has 160 valence electrons. The molecule has 0 saturated carbocycles. The second kappa shape index (κ2) is 11.0. The van der Waals surface area contributed by atoms with Crippen LogP contribution in [0.2, 0.25) is 0 Å². The van der Waals surface area contributed by atoms with Crippen molar-refractivity contribution in [2.45, 2.75) is 4.21 Å². The molecule has 8 nitrogen and oxygen atoms in total. The van der Waals surface area contributed by atoms with Gasteiger partial charge in [0.1, 0.15) is 9.96 Å². The summed E-state index contributed by atoms with van der Waals surface area (Å²) in [6.07, 6.45) is 0. The molecule has 3 rings (SSSR count). The molecule has 2 aromatic rings. The molecule has 3 N–H and O–H groups in total. The number of phenolic OH excluding ortho intramolecular Hbond substituents is 1. The number of aliphatic imine (C=N–C) groups is 1. The van der Waals surface area contributed by atoms with E-state index in [0.29, 0.717) is 10.8 Å². The van der Waals surface area contributed by atoms with E-state index in [1.807, 2.05) is 18.2 Å². The lowest BCUT2D eigenvalue weighted by Crippen LogP contribution is -2.53. The maximum atomic E-state index is 12.1. The van der Waals surface area contributed by atoms with Gasteiger partial charge in [-0.05, 0) is 23.6 Å². The van der Waals surface area contributed by atoms with Gasteiger partial charge in [0, 0.05) is 46.3 Å². The van der Waals surface area contributed by atoms with Crippen molar-refractivity contribution in [1.82, 2.24) is 14.9 Å². The number of phenols is 1. The fourth-order valence-electron chi connectivity index (χ4n) is 3.07. The second-order valence-electron chi connectivity index (χ2n) is 6.27. The normalized spacial score (nSPS) is 15.1. The fourth-order valence-corrected chi connectivity index (χ4v) is 5.14.